The van der Waals surface area contributed by atoms with Gasteiger partial charge in [0.1, 0.15) is 42.9 Å². The summed E-state index contributed by atoms with van der Waals surface area (Å²) in [5.41, 5.74) is 4.25. The number of thiazole rings is 1. The van der Waals surface area contributed by atoms with Crippen molar-refractivity contribution in [3.63, 3.8) is 0 Å². The van der Waals surface area contributed by atoms with Crippen LogP contribution < -0.4 is 20.3 Å². The van der Waals surface area contributed by atoms with Gasteiger partial charge >= 0.3 is 16.2 Å². The van der Waals surface area contributed by atoms with Crippen LogP contribution in [0, 0.1) is 29.9 Å². The van der Waals surface area contributed by atoms with Gasteiger partial charge in [0, 0.05) is 107 Å². The molecule has 10 rings (SSSR count). The number of aromatic nitrogens is 3. The van der Waals surface area contributed by atoms with E-state index in [9.17, 15) is 41.9 Å². The Kier molecular flexibility index (Phi) is 22.7. The zero-order valence-corrected chi connectivity index (χ0v) is 58.3. The highest BCUT2D eigenvalue weighted by atomic mass is 32.2. The molecule has 1 unspecified atom stereocenters. The number of carbonyl (C=O) groups is 5. The van der Waals surface area contributed by atoms with Gasteiger partial charge in [-0.3, -0.25) is 33.7 Å². The topological polar surface area (TPSA) is 261 Å². The summed E-state index contributed by atoms with van der Waals surface area (Å²) in [7, 11) is -4.39. The number of nitrogens with zero attached hydrogens (tertiary/aromatic N) is 7. The van der Waals surface area contributed by atoms with Gasteiger partial charge in [0.15, 0.2) is 5.82 Å². The van der Waals surface area contributed by atoms with E-state index < -0.39 is 98.6 Å². The van der Waals surface area contributed by atoms with Crippen molar-refractivity contribution in [2.45, 2.75) is 143 Å². The van der Waals surface area contributed by atoms with E-state index in [2.05, 4.69) is 40.3 Å². The smallest absolute Gasteiger partial charge is 0.332 e. The Labute approximate surface area is 569 Å². The lowest BCUT2D eigenvalue weighted by atomic mass is 9.85. The van der Waals surface area contributed by atoms with Crippen LogP contribution in [0.3, 0.4) is 0 Å². The Morgan fingerprint density at radius 1 is 0.825 bits per heavy atom. The van der Waals surface area contributed by atoms with Gasteiger partial charge in [-0.1, -0.05) is 45.0 Å². The molecule has 3 aromatic carbocycles. The molecule has 4 aliphatic rings. The summed E-state index contributed by atoms with van der Waals surface area (Å²) in [6, 6.07) is 15.0. The summed E-state index contributed by atoms with van der Waals surface area (Å²) in [4.78, 5) is 90.6. The molecule has 4 aliphatic heterocycles. The molecule has 7 heterocycles. The number of rotatable bonds is 25. The molecule has 4 fully saturated rings. The van der Waals surface area contributed by atoms with Gasteiger partial charge < -0.3 is 44.7 Å². The van der Waals surface area contributed by atoms with Crippen LogP contribution >= 0.6 is 11.3 Å². The number of carbonyl (C=O) groups excluding carboxylic acids is 5. The molecular weight excluding hydrogens is 1290 g/mol. The summed E-state index contributed by atoms with van der Waals surface area (Å²) in [5.74, 6) is -4.96. The van der Waals surface area contributed by atoms with Crippen molar-refractivity contribution in [2.24, 2.45) is 11.3 Å². The summed E-state index contributed by atoms with van der Waals surface area (Å²) >= 11 is 1.49. The van der Waals surface area contributed by atoms with Gasteiger partial charge in [0.2, 0.25) is 23.5 Å². The first kappa shape index (κ1) is 72.4. The van der Waals surface area contributed by atoms with Crippen LogP contribution in [0.2, 0.25) is 0 Å². The van der Waals surface area contributed by atoms with Crippen LogP contribution in [0.25, 0.3) is 32.6 Å². The molecule has 5 N–H and O–H groups in total. The summed E-state index contributed by atoms with van der Waals surface area (Å²) in [6.07, 6.45) is 2.98. The number of halogens is 3. The van der Waals surface area contributed by atoms with E-state index in [-0.39, 0.29) is 69.3 Å². The third-order valence-corrected chi connectivity index (χ3v) is 20.9. The van der Waals surface area contributed by atoms with Gasteiger partial charge in [-0.2, -0.15) is 12.7 Å². The molecular formula is C70H90F3N11O11S2. The molecule has 0 bridgehead atoms. The highest BCUT2D eigenvalue weighted by Gasteiger charge is 2.45. The number of esters is 1. The monoisotopic (exact) mass is 1380 g/mol. The second kappa shape index (κ2) is 30.4. The van der Waals surface area contributed by atoms with Gasteiger partial charge in [-0.15, -0.1) is 11.3 Å². The molecule has 0 aliphatic carbocycles. The predicted molar refractivity (Wildman–Crippen MR) is 365 cm³/mol. The normalized spacial score (nSPS) is 19.2. The number of aliphatic hydroxyl groups is 1. The number of anilines is 2. The number of likely N-dealkylation sites (tertiary alicyclic amines) is 2. The van der Waals surface area contributed by atoms with Gasteiger partial charge in [0.25, 0.3) is 0 Å². The third kappa shape index (κ3) is 18.3. The minimum Gasteiger partial charge on any atom is -0.459 e. The number of β-amino-alcohol motifs (C(OH)–C–C–N with tert-alkyl or cyclic N) is 1. The average Bonchev–Trinajstić information content (AvgIpc) is 1.74. The standard InChI is InChI=1S/C70H90F3N11O11S2/c1-43-63(96-42-77-43)46-10-11-47(49(30-46)40-93-59(87)41-95-70(8,9)21-29-94-69(5,6)7)33-76-66(89)57-32-52(85)38-84(57)67(90)64(68(2,3)4)78-58(86)39-80-22-18-44(19-23-80)36-81-25-27-82(28-26-81)51-14-12-45(13-15-51)48-31-53-54(35-75-65(53)74-34-48)62(88)60-55(72)16-17-56(61(60)73)79-97(91,92)83-24-20-50(71)37-83/h10-17,30-31,34-35,42,44,50,52,57,64,79,85H,18-29,32-33,36-41H2,1-9H3,(H,74,75)(H,76,89)(H,78,86)/t50-,52-,57+,64?/m1/s1. The molecule has 0 spiro atoms. The molecule has 22 nitrogen and oxygen atoms in total. The van der Waals surface area contributed by atoms with Crippen molar-refractivity contribution < 1.29 is 64.9 Å². The molecule has 0 radical (unpaired) electrons. The average molecular weight is 1380 g/mol. The maximum atomic E-state index is 15.9. The van der Waals surface area contributed by atoms with Gasteiger partial charge in [-0.25, -0.2) is 27.9 Å². The number of pyridine rings is 1. The van der Waals surface area contributed by atoms with Crippen LogP contribution in [0.1, 0.15) is 120 Å². The number of aromatic amines is 1. The lowest BCUT2D eigenvalue weighted by molar-refractivity contribution is -0.157. The number of alkyl halides is 1. The number of piperazine rings is 1. The maximum Gasteiger partial charge on any atom is 0.332 e. The number of benzene rings is 3. The van der Waals surface area contributed by atoms with E-state index in [0.29, 0.717) is 59.8 Å². The van der Waals surface area contributed by atoms with Crippen LogP contribution in [0.5, 0.6) is 0 Å². The number of H-pyrrole nitrogens is 1. The maximum absolute atomic E-state index is 15.9. The Bertz CT molecular complexity index is 3930. The van der Waals surface area contributed by atoms with Crippen molar-refractivity contribution in [1.82, 2.24) is 44.6 Å². The molecule has 3 aromatic heterocycles. The van der Waals surface area contributed by atoms with Gasteiger partial charge in [0.05, 0.1) is 51.2 Å². The number of ether oxygens (including phenoxy) is 3. The Hall–Kier alpha value is -7.37. The van der Waals surface area contributed by atoms with E-state index in [1.165, 1.54) is 22.4 Å². The summed E-state index contributed by atoms with van der Waals surface area (Å²) < 4.78 is 91.2. The number of ketones is 1. The number of fused-ring (bicyclic) bond motifs is 1. The molecule has 3 amide bonds. The molecule has 524 valence electrons. The minimum atomic E-state index is -4.39. The SMILES string of the molecule is Cc1ncsc1-c1ccc(CNC(=O)[C@@H]2C[C@@H](O)CN2C(=O)C(NC(=O)CN2CCC(CN3CCN(c4ccc(-c5cnc6[nH]cc(C(=O)c7c(F)ccc(NS(=O)(=O)N8CC[C@@H](F)C8)c7F)c6c5)cc4)CC3)CC2)C(C)(C)C)c(COC(=O)COC(C)(C)CCOC(C)(C)C)c1. The second-order valence-electron chi connectivity index (χ2n) is 28.5. The zero-order valence-electron chi connectivity index (χ0n) is 56.6. The zero-order chi connectivity index (χ0) is 69.7. The molecule has 6 aromatic rings. The van der Waals surface area contributed by atoms with Crippen LogP contribution in [-0.2, 0) is 56.7 Å². The van der Waals surface area contributed by atoms with Crippen molar-refractivity contribution in [2.75, 3.05) is 94.8 Å². The van der Waals surface area contributed by atoms with E-state index in [0.717, 1.165) is 89.4 Å². The van der Waals surface area contributed by atoms with Crippen molar-refractivity contribution in [3.05, 3.63) is 118 Å². The van der Waals surface area contributed by atoms with E-state index in [4.69, 9.17) is 14.2 Å². The molecule has 0 saturated carbocycles. The van der Waals surface area contributed by atoms with E-state index in [1.54, 1.807) is 17.8 Å². The first-order chi connectivity index (χ1) is 45.9. The number of aryl methyl sites for hydroxylation is 1. The largest absolute Gasteiger partial charge is 0.459 e. The van der Waals surface area contributed by atoms with Crippen LogP contribution in [0.15, 0.2) is 78.6 Å². The number of nitrogens with one attached hydrogen (secondary N) is 4. The van der Waals surface area contributed by atoms with E-state index >= 15 is 8.78 Å². The number of aliphatic hydroxyl groups excluding tert-OH is 1. The number of amides is 3. The van der Waals surface area contributed by atoms with Crippen LogP contribution in [-0.4, -0.2) is 198 Å². The summed E-state index contributed by atoms with van der Waals surface area (Å²) in [5, 5.41) is 17.3. The number of piperidine rings is 1. The van der Waals surface area contributed by atoms with Gasteiger partial charge in [-0.05, 0) is 150 Å². The quantitative estimate of drug-likeness (QED) is 0.0266. The minimum absolute atomic E-state index is 0.0123. The lowest BCUT2D eigenvalue weighted by Crippen LogP contribution is -2.59. The van der Waals surface area contributed by atoms with E-state index in [1.807, 2.05) is 110 Å². The fraction of sp³-hybridized carbons (Fsp3) is 0.529. The number of hydrogen-bond acceptors (Lipinski definition) is 17. The van der Waals surface area contributed by atoms with Crippen molar-refractivity contribution >= 4 is 73.4 Å². The second-order valence-corrected chi connectivity index (χ2v) is 31.0. The highest BCUT2D eigenvalue weighted by Crippen LogP contribution is 2.34. The Morgan fingerprint density at radius 2 is 1.55 bits per heavy atom. The fourth-order valence-electron chi connectivity index (χ4n) is 12.8. The molecule has 27 heteroatoms. The highest BCUT2D eigenvalue weighted by molar-refractivity contribution is 7.90. The first-order valence-corrected chi connectivity index (χ1v) is 35.4. The summed E-state index contributed by atoms with van der Waals surface area (Å²) in [6.45, 7) is 22.5. The molecule has 4 atom stereocenters. The van der Waals surface area contributed by atoms with Crippen LogP contribution in [0.4, 0.5) is 24.5 Å². The first-order valence-electron chi connectivity index (χ1n) is 33.1. The van der Waals surface area contributed by atoms with Crippen molar-refractivity contribution in [1.29, 1.82) is 0 Å². The number of hydrogen-bond donors (Lipinski definition) is 5. The van der Waals surface area contributed by atoms with Crippen molar-refractivity contribution in [3.8, 4) is 21.6 Å². The molecule has 97 heavy (non-hydrogen) atoms. The fourth-order valence-corrected chi connectivity index (χ4v) is 14.9. The molecule has 4 saturated heterocycles. The Balaban J connectivity index is 0.679. The predicted octanol–water partition coefficient (Wildman–Crippen LogP) is 8.56. The Morgan fingerprint density at radius 3 is 2.22 bits per heavy atom. The lowest BCUT2D eigenvalue weighted by Gasteiger charge is -2.40. The third-order valence-electron chi connectivity index (χ3n) is 18.5.